The Morgan fingerprint density at radius 1 is 1.57 bits per heavy atom. The zero-order chi connectivity index (χ0) is 9.84. The molecule has 0 bridgehead atoms. The second-order valence-electron chi connectivity index (χ2n) is 2.29. The Hall–Kier alpha value is -1.53. The minimum Gasteiger partial charge on any atom is -0.495 e. The Bertz CT molecular complexity index is 332. The summed E-state index contributed by atoms with van der Waals surface area (Å²) in [5.41, 5.74) is 2.66. The van der Waals surface area contributed by atoms with E-state index >= 15 is 0 Å². The number of nitro benzene ring substituents is 1. The number of halogens is 1. The first-order chi connectivity index (χ1) is 6.19. The van der Waals surface area contributed by atoms with E-state index in [-0.39, 0.29) is 18.1 Å². The average Bonchev–Trinajstić information content (AvgIpc) is 2.16. The van der Waals surface area contributed by atoms with E-state index in [4.69, 9.17) is 10.6 Å². The number of nitrogens with zero attached hydrogens (tertiary/aromatic N) is 1. The molecular formula is C7H10ClN3O3. The van der Waals surface area contributed by atoms with Crippen LogP contribution in [-0.2, 0) is 0 Å². The molecule has 0 heterocycles. The Morgan fingerprint density at radius 3 is 2.64 bits per heavy atom. The number of hydrogen-bond acceptors (Lipinski definition) is 5. The summed E-state index contributed by atoms with van der Waals surface area (Å²) in [6.45, 7) is 0. The minimum atomic E-state index is -0.500. The fraction of sp³-hybridized carbons (Fsp3) is 0.143. The van der Waals surface area contributed by atoms with Gasteiger partial charge in [0.05, 0.1) is 17.7 Å². The number of anilines is 1. The minimum absolute atomic E-state index is 0. The summed E-state index contributed by atoms with van der Waals surface area (Å²) in [5, 5.41) is 10.4. The van der Waals surface area contributed by atoms with Crippen LogP contribution < -0.4 is 16.0 Å². The summed E-state index contributed by atoms with van der Waals surface area (Å²) in [6.07, 6.45) is 0. The van der Waals surface area contributed by atoms with Crippen molar-refractivity contribution in [2.75, 3.05) is 12.5 Å². The highest BCUT2D eigenvalue weighted by molar-refractivity contribution is 5.85. The number of nitrogen functional groups attached to an aromatic ring is 1. The van der Waals surface area contributed by atoms with E-state index in [1.165, 1.54) is 25.3 Å². The van der Waals surface area contributed by atoms with Gasteiger partial charge in [-0.3, -0.25) is 16.0 Å². The lowest BCUT2D eigenvalue weighted by molar-refractivity contribution is -0.384. The molecular weight excluding hydrogens is 210 g/mol. The van der Waals surface area contributed by atoms with Gasteiger partial charge in [-0.2, -0.15) is 0 Å². The second-order valence-corrected chi connectivity index (χ2v) is 2.29. The summed E-state index contributed by atoms with van der Waals surface area (Å²) < 4.78 is 4.91. The number of hydrogen-bond donors (Lipinski definition) is 2. The molecule has 14 heavy (non-hydrogen) atoms. The molecule has 0 fully saturated rings. The van der Waals surface area contributed by atoms with Crippen LogP contribution in [0.2, 0.25) is 0 Å². The highest BCUT2D eigenvalue weighted by atomic mass is 35.5. The first kappa shape index (κ1) is 12.5. The van der Waals surface area contributed by atoms with E-state index in [0.29, 0.717) is 11.4 Å². The molecule has 0 unspecified atom stereocenters. The Morgan fingerprint density at radius 2 is 2.21 bits per heavy atom. The molecule has 0 spiro atoms. The molecule has 6 nitrogen and oxygen atoms in total. The van der Waals surface area contributed by atoms with Gasteiger partial charge in [0.25, 0.3) is 5.69 Å². The van der Waals surface area contributed by atoms with Gasteiger partial charge in [0, 0.05) is 12.1 Å². The molecule has 0 saturated heterocycles. The smallest absolute Gasteiger partial charge is 0.271 e. The molecule has 0 aliphatic heterocycles. The Kier molecular flexibility index (Phi) is 4.68. The highest BCUT2D eigenvalue weighted by Gasteiger charge is 2.09. The van der Waals surface area contributed by atoms with Crippen LogP contribution in [0.15, 0.2) is 18.2 Å². The number of non-ortho nitro benzene ring substituents is 1. The fourth-order valence-corrected chi connectivity index (χ4v) is 0.922. The molecule has 0 radical (unpaired) electrons. The van der Waals surface area contributed by atoms with Gasteiger partial charge in [0.15, 0.2) is 0 Å². The van der Waals surface area contributed by atoms with Crippen LogP contribution in [0.5, 0.6) is 5.75 Å². The zero-order valence-corrected chi connectivity index (χ0v) is 8.21. The van der Waals surface area contributed by atoms with Crippen molar-refractivity contribution in [2.24, 2.45) is 5.84 Å². The molecule has 7 heteroatoms. The summed E-state index contributed by atoms with van der Waals surface area (Å²) in [6, 6.07) is 4.13. The van der Waals surface area contributed by atoms with Crippen LogP contribution in [0.1, 0.15) is 0 Å². The number of ether oxygens (including phenoxy) is 1. The van der Waals surface area contributed by atoms with Crippen LogP contribution in [0.3, 0.4) is 0 Å². The number of benzene rings is 1. The third-order valence-electron chi connectivity index (χ3n) is 1.55. The van der Waals surface area contributed by atoms with Crippen molar-refractivity contribution < 1.29 is 9.66 Å². The molecule has 0 atom stereocenters. The zero-order valence-electron chi connectivity index (χ0n) is 7.39. The van der Waals surface area contributed by atoms with Crippen LogP contribution in [-0.4, -0.2) is 12.0 Å². The molecule has 0 aliphatic carbocycles. The molecule has 1 aromatic carbocycles. The Balaban J connectivity index is 0.00000169. The monoisotopic (exact) mass is 219 g/mol. The van der Waals surface area contributed by atoms with Gasteiger partial charge in [-0.1, -0.05) is 0 Å². The maximum Gasteiger partial charge on any atom is 0.271 e. The first-order valence-corrected chi connectivity index (χ1v) is 3.48. The van der Waals surface area contributed by atoms with E-state index < -0.39 is 4.92 Å². The van der Waals surface area contributed by atoms with Crippen LogP contribution in [0, 0.1) is 10.1 Å². The van der Waals surface area contributed by atoms with Crippen LogP contribution in [0.25, 0.3) is 0 Å². The molecule has 0 saturated carbocycles. The summed E-state index contributed by atoms with van der Waals surface area (Å²) in [4.78, 5) is 9.87. The normalized spacial score (nSPS) is 8.71. The van der Waals surface area contributed by atoms with Gasteiger partial charge in [-0.05, 0) is 6.07 Å². The van der Waals surface area contributed by atoms with Crippen molar-refractivity contribution in [3.63, 3.8) is 0 Å². The number of rotatable bonds is 3. The highest BCUT2D eigenvalue weighted by Crippen LogP contribution is 2.27. The second kappa shape index (κ2) is 5.25. The van der Waals surface area contributed by atoms with Crippen molar-refractivity contribution in [1.29, 1.82) is 0 Å². The SMILES string of the molecule is COc1ccc([N+](=O)[O-])cc1NN.Cl. The van der Waals surface area contributed by atoms with Crippen LogP contribution >= 0.6 is 12.4 Å². The van der Waals surface area contributed by atoms with Crippen molar-refractivity contribution in [3.8, 4) is 5.75 Å². The fourth-order valence-electron chi connectivity index (χ4n) is 0.922. The maximum absolute atomic E-state index is 10.4. The number of methoxy groups -OCH3 is 1. The number of nitrogens with one attached hydrogen (secondary N) is 1. The van der Waals surface area contributed by atoms with E-state index in [1.54, 1.807) is 0 Å². The van der Waals surface area contributed by atoms with Crippen molar-refractivity contribution in [1.82, 2.24) is 0 Å². The van der Waals surface area contributed by atoms with Crippen molar-refractivity contribution in [2.45, 2.75) is 0 Å². The summed E-state index contributed by atoms with van der Waals surface area (Å²) in [7, 11) is 1.46. The summed E-state index contributed by atoms with van der Waals surface area (Å²) in [5.74, 6) is 5.61. The number of hydrazine groups is 1. The lowest BCUT2D eigenvalue weighted by atomic mass is 10.2. The Labute approximate surface area is 86.6 Å². The van der Waals surface area contributed by atoms with E-state index in [1.807, 2.05) is 0 Å². The van der Waals surface area contributed by atoms with Gasteiger partial charge in [0.2, 0.25) is 0 Å². The van der Waals surface area contributed by atoms with Gasteiger partial charge < -0.3 is 10.2 Å². The standard InChI is InChI=1S/C7H9N3O3.ClH/c1-13-7-3-2-5(10(11)12)4-6(7)9-8;/h2-4,9H,8H2,1H3;1H. The van der Waals surface area contributed by atoms with Crippen LogP contribution in [0.4, 0.5) is 11.4 Å². The molecule has 0 amide bonds. The number of nitro groups is 1. The average molecular weight is 220 g/mol. The van der Waals surface area contributed by atoms with Gasteiger partial charge in [-0.25, -0.2) is 0 Å². The van der Waals surface area contributed by atoms with E-state index in [0.717, 1.165) is 0 Å². The topological polar surface area (TPSA) is 90.4 Å². The van der Waals surface area contributed by atoms with Gasteiger partial charge in [0.1, 0.15) is 5.75 Å². The predicted molar refractivity (Wildman–Crippen MR) is 54.7 cm³/mol. The molecule has 0 aliphatic rings. The quantitative estimate of drug-likeness (QED) is 0.454. The molecule has 78 valence electrons. The van der Waals surface area contributed by atoms with Crippen molar-refractivity contribution in [3.05, 3.63) is 28.3 Å². The van der Waals surface area contributed by atoms with E-state index in [2.05, 4.69) is 5.43 Å². The molecule has 0 aromatic heterocycles. The number of nitrogens with two attached hydrogens (primary N) is 1. The van der Waals surface area contributed by atoms with Gasteiger partial charge >= 0.3 is 0 Å². The lowest BCUT2D eigenvalue weighted by Crippen LogP contribution is -2.08. The third kappa shape index (κ3) is 2.48. The van der Waals surface area contributed by atoms with Crippen molar-refractivity contribution >= 4 is 23.8 Å². The third-order valence-corrected chi connectivity index (χ3v) is 1.55. The molecule has 3 N–H and O–H groups in total. The summed E-state index contributed by atoms with van der Waals surface area (Å²) >= 11 is 0. The predicted octanol–water partition coefficient (Wildman–Crippen LogP) is 1.31. The van der Waals surface area contributed by atoms with Gasteiger partial charge in [-0.15, -0.1) is 12.4 Å². The lowest BCUT2D eigenvalue weighted by Gasteiger charge is -2.06. The largest absolute Gasteiger partial charge is 0.495 e. The molecule has 1 rings (SSSR count). The van der Waals surface area contributed by atoms with E-state index in [9.17, 15) is 10.1 Å². The molecule has 1 aromatic rings. The first-order valence-electron chi connectivity index (χ1n) is 3.48. The maximum atomic E-state index is 10.4.